The summed E-state index contributed by atoms with van der Waals surface area (Å²) in [5.41, 5.74) is 10.1. The van der Waals surface area contributed by atoms with E-state index >= 15 is 0 Å². The summed E-state index contributed by atoms with van der Waals surface area (Å²) in [6.07, 6.45) is 1.60. The van der Waals surface area contributed by atoms with Crippen LogP contribution in [-0.4, -0.2) is 44.5 Å². The highest BCUT2D eigenvalue weighted by Gasteiger charge is 2.29. The molecule has 0 saturated carbocycles. The fraction of sp³-hybridized carbons (Fsp3) is 0.250. The molecule has 0 radical (unpaired) electrons. The van der Waals surface area contributed by atoms with Crippen LogP contribution in [0.5, 0.6) is 0 Å². The molecule has 3 amide bonds. The van der Waals surface area contributed by atoms with Crippen LogP contribution < -0.4 is 32.6 Å². The number of hydrogen-bond donors (Lipinski definition) is 6. The maximum absolute atomic E-state index is 12.1. The fourth-order valence-corrected chi connectivity index (χ4v) is 2.51. The van der Waals surface area contributed by atoms with Gasteiger partial charge in [-0.25, -0.2) is 14.6 Å². The van der Waals surface area contributed by atoms with E-state index in [-0.39, 0.29) is 34.9 Å². The van der Waals surface area contributed by atoms with Crippen molar-refractivity contribution in [3.8, 4) is 0 Å². The second-order valence-electron chi connectivity index (χ2n) is 6.24. The quantitative estimate of drug-likeness (QED) is 0.344. The molecule has 2 heterocycles. The van der Waals surface area contributed by atoms with Crippen molar-refractivity contribution in [1.29, 1.82) is 0 Å². The Labute approximate surface area is 164 Å². The summed E-state index contributed by atoms with van der Waals surface area (Å²) >= 11 is 0. The molecule has 0 fully saturated rings. The Kier molecular flexibility index (Phi) is 6.33. The Morgan fingerprint density at radius 1 is 1.28 bits per heavy atom. The predicted molar refractivity (Wildman–Crippen MR) is 105 cm³/mol. The van der Waals surface area contributed by atoms with Gasteiger partial charge >= 0.3 is 12.0 Å². The molecule has 0 aliphatic carbocycles. The fourth-order valence-electron chi connectivity index (χ4n) is 2.51. The van der Waals surface area contributed by atoms with Gasteiger partial charge in [-0.1, -0.05) is 13.8 Å². The maximum atomic E-state index is 12.1. The van der Waals surface area contributed by atoms with Gasteiger partial charge in [-0.15, -0.1) is 0 Å². The van der Waals surface area contributed by atoms with Crippen LogP contribution >= 0.6 is 0 Å². The Hall–Kier alpha value is -4.16. The van der Waals surface area contributed by atoms with E-state index in [1.54, 1.807) is 13.8 Å². The third kappa shape index (κ3) is 4.97. The number of nitrogen functional groups attached to an aromatic ring is 2. The van der Waals surface area contributed by atoms with Gasteiger partial charge in [-0.3, -0.25) is 24.8 Å². The zero-order valence-electron chi connectivity index (χ0n) is 15.5. The number of amides is 3. The number of carboxylic acid groups (broad SMARTS) is 1. The number of nitrogens with two attached hydrogens (primary N) is 2. The van der Waals surface area contributed by atoms with Gasteiger partial charge in [0.25, 0.3) is 5.56 Å². The van der Waals surface area contributed by atoms with Gasteiger partial charge in [0.15, 0.2) is 11.5 Å². The van der Waals surface area contributed by atoms with E-state index < -0.39 is 23.6 Å². The summed E-state index contributed by atoms with van der Waals surface area (Å²) in [5, 5.41) is 14.0. The van der Waals surface area contributed by atoms with Crippen molar-refractivity contribution in [1.82, 2.24) is 15.0 Å². The molecule has 8 N–H and O–H groups in total. The molecule has 2 aromatic rings. The van der Waals surface area contributed by atoms with Crippen LogP contribution in [-0.2, 0) is 9.59 Å². The van der Waals surface area contributed by atoms with Crippen LogP contribution in [0.1, 0.15) is 13.8 Å². The molecular formula is C16H20N8O5. The Bertz CT molecular complexity index is 972. The summed E-state index contributed by atoms with van der Waals surface area (Å²) < 4.78 is 0. The lowest BCUT2D eigenvalue weighted by atomic mass is 10.0. The summed E-state index contributed by atoms with van der Waals surface area (Å²) in [6.45, 7) is 3.32. The van der Waals surface area contributed by atoms with Crippen molar-refractivity contribution >= 4 is 47.4 Å². The minimum Gasteiger partial charge on any atom is -0.480 e. The molecule has 13 nitrogen and oxygen atoms in total. The van der Waals surface area contributed by atoms with Crippen LogP contribution in [0, 0.1) is 5.92 Å². The number of aliphatic carboxylic acids is 1. The number of nitrogens with zero attached hydrogens (tertiary/aromatic N) is 3. The van der Waals surface area contributed by atoms with Gasteiger partial charge in [0.05, 0.1) is 11.9 Å². The Balaban J connectivity index is 2.14. The number of carbonyl (C=O) groups is 3. The van der Waals surface area contributed by atoms with Gasteiger partial charge in [0.2, 0.25) is 12.4 Å². The zero-order chi connectivity index (χ0) is 21.7. The first-order chi connectivity index (χ1) is 13.6. The smallest absolute Gasteiger partial charge is 0.327 e. The topological polar surface area (TPSA) is 209 Å². The number of carboxylic acids is 1. The lowest BCUT2D eigenvalue weighted by Gasteiger charge is -2.26. The molecule has 13 heteroatoms. The van der Waals surface area contributed by atoms with E-state index in [0.29, 0.717) is 6.41 Å². The number of hydrogen-bond acceptors (Lipinski definition) is 8. The molecule has 29 heavy (non-hydrogen) atoms. The molecule has 0 spiro atoms. The molecule has 0 aliphatic rings. The normalized spacial score (nSPS) is 11.6. The molecule has 1 atom stereocenters. The Morgan fingerprint density at radius 3 is 2.45 bits per heavy atom. The van der Waals surface area contributed by atoms with Crippen LogP contribution in [0.15, 0.2) is 23.1 Å². The summed E-state index contributed by atoms with van der Waals surface area (Å²) in [4.78, 5) is 57.5. The van der Waals surface area contributed by atoms with Gasteiger partial charge in [-0.05, 0) is 18.1 Å². The number of pyridine rings is 1. The van der Waals surface area contributed by atoms with Crippen molar-refractivity contribution in [3.05, 3.63) is 28.7 Å². The number of urea groups is 1. The molecule has 154 valence electrons. The Morgan fingerprint density at radius 2 is 1.97 bits per heavy atom. The van der Waals surface area contributed by atoms with E-state index in [9.17, 15) is 24.3 Å². The number of H-pyrrole nitrogens is 1. The highest BCUT2D eigenvalue weighted by Crippen LogP contribution is 2.20. The van der Waals surface area contributed by atoms with Crippen molar-refractivity contribution in [2.24, 2.45) is 5.92 Å². The van der Waals surface area contributed by atoms with Crippen molar-refractivity contribution < 1.29 is 19.5 Å². The minimum atomic E-state index is -1.17. The van der Waals surface area contributed by atoms with E-state index in [1.807, 2.05) is 0 Å². The van der Waals surface area contributed by atoms with Crippen molar-refractivity contribution in [3.63, 3.8) is 0 Å². The third-order valence-corrected chi connectivity index (χ3v) is 3.77. The van der Waals surface area contributed by atoms with Crippen LogP contribution in [0.4, 0.5) is 33.8 Å². The number of rotatable bonds is 7. The second kappa shape index (κ2) is 8.69. The lowest BCUT2D eigenvalue weighted by Crippen LogP contribution is -2.44. The number of nitrogens with one attached hydrogen (secondary N) is 3. The third-order valence-electron chi connectivity index (χ3n) is 3.77. The molecule has 0 aliphatic heterocycles. The standard InChI is InChI=1S/C16H20N8O5/c1-7(2)11(14(27)28)24(6-25)9-4-3-8(5-19-9)20-16(29)21-10-12(17)22-15(18)23-13(10)26/h3-7,11H,1-2H3,(H,27,28)(H2,20,21,29)(H5,17,18,22,23,26)/t11-/m0/s1. The first-order valence-electron chi connectivity index (χ1n) is 8.29. The van der Waals surface area contributed by atoms with Gasteiger partial charge in [0.1, 0.15) is 11.9 Å². The van der Waals surface area contributed by atoms with E-state index in [4.69, 9.17) is 11.5 Å². The molecular weight excluding hydrogens is 384 g/mol. The first-order valence-corrected chi connectivity index (χ1v) is 8.29. The molecule has 2 rings (SSSR count). The molecule has 0 aromatic carbocycles. The number of carbonyl (C=O) groups excluding carboxylic acids is 2. The molecule has 0 saturated heterocycles. The van der Waals surface area contributed by atoms with Crippen LogP contribution in [0.2, 0.25) is 0 Å². The second-order valence-corrected chi connectivity index (χ2v) is 6.24. The SMILES string of the molecule is CC(C)[C@@H](C(=O)O)N(C=O)c1ccc(NC(=O)Nc2c(N)nc(N)[nH]c2=O)cn1. The van der Waals surface area contributed by atoms with E-state index in [1.165, 1.54) is 18.3 Å². The largest absolute Gasteiger partial charge is 0.480 e. The molecule has 0 bridgehead atoms. The van der Waals surface area contributed by atoms with Gasteiger partial charge < -0.3 is 21.9 Å². The van der Waals surface area contributed by atoms with Crippen molar-refractivity contribution in [2.45, 2.75) is 19.9 Å². The molecule has 2 aromatic heterocycles. The first kappa shape index (κ1) is 21.1. The average molecular weight is 404 g/mol. The van der Waals surface area contributed by atoms with Gasteiger partial charge in [0, 0.05) is 0 Å². The summed E-state index contributed by atoms with van der Waals surface area (Å²) in [6, 6.07) is 0.872. The number of aromatic amines is 1. The maximum Gasteiger partial charge on any atom is 0.327 e. The van der Waals surface area contributed by atoms with Crippen LogP contribution in [0.3, 0.4) is 0 Å². The summed E-state index contributed by atoms with van der Waals surface area (Å²) in [7, 11) is 0. The average Bonchev–Trinajstić information content (AvgIpc) is 2.62. The van der Waals surface area contributed by atoms with Crippen LogP contribution in [0.25, 0.3) is 0 Å². The van der Waals surface area contributed by atoms with E-state index in [2.05, 4.69) is 25.6 Å². The lowest BCUT2D eigenvalue weighted by molar-refractivity contribution is -0.140. The van der Waals surface area contributed by atoms with Gasteiger partial charge in [-0.2, -0.15) is 4.98 Å². The highest BCUT2D eigenvalue weighted by molar-refractivity contribution is 6.01. The monoisotopic (exact) mass is 404 g/mol. The van der Waals surface area contributed by atoms with E-state index in [0.717, 1.165) is 4.90 Å². The van der Waals surface area contributed by atoms with Crippen molar-refractivity contribution in [2.75, 3.05) is 27.0 Å². The molecule has 0 unspecified atom stereocenters. The predicted octanol–water partition coefficient (Wildman–Crippen LogP) is 0.0453. The minimum absolute atomic E-state index is 0.0930. The highest BCUT2D eigenvalue weighted by atomic mass is 16.4. The number of aromatic nitrogens is 3. The number of anilines is 5. The summed E-state index contributed by atoms with van der Waals surface area (Å²) in [5.74, 6) is -1.89. The zero-order valence-corrected chi connectivity index (χ0v) is 15.5.